The Morgan fingerprint density at radius 2 is 1.71 bits per heavy atom. The number of amides is 2. The summed E-state index contributed by atoms with van der Waals surface area (Å²) in [6, 6.07) is 14.8. The van der Waals surface area contributed by atoms with Crippen LogP contribution in [0.3, 0.4) is 0 Å². The Morgan fingerprint density at radius 1 is 0.981 bits per heavy atom. The van der Waals surface area contributed by atoms with Gasteiger partial charge in [0.05, 0.1) is 11.1 Å². The standard InChI is InChI=1S/C40H44ClF2N3O6/c1-24-19-32(41)35(20-25(24)2)52-18-17-51-30-13-9-26(10-14-30)31-21-28-22-45(36(47)7-4-8-37(48)49)23-34(44-28)38(31)40(50)46(29-11-12-29)16-15-27-5-3-6-33(42)39(27)43/h3,5-6,9-10,13-14,19-20,28-29,34,44H,4,7-8,11-12,15-18,21-23H2,1-2H3,(H,48,49)/t28-,34-/m1/s1. The van der Waals surface area contributed by atoms with Crippen LogP contribution in [0.15, 0.2) is 60.2 Å². The SMILES string of the molecule is Cc1cc(Cl)c(OCCOc2ccc(C3=C(C(=O)N(CCc4cccc(F)c4F)C4CC4)[C@H]4CN(C(=O)CCCC(=O)O)C[C@@H](C3)N4)cc2)cc1C. The van der Waals surface area contributed by atoms with Gasteiger partial charge in [0.15, 0.2) is 11.6 Å². The van der Waals surface area contributed by atoms with Crippen molar-refractivity contribution in [3.05, 3.63) is 99.1 Å². The third-order valence-corrected chi connectivity index (χ3v) is 10.3. The molecule has 1 aliphatic carbocycles. The predicted octanol–water partition coefficient (Wildman–Crippen LogP) is 6.51. The van der Waals surface area contributed by atoms with Crippen molar-refractivity contribution in [1.29, 1.82) is 0 Å². The smallest absolute Gasteiger partial charge is 0.303 e. The van der Waals surface area contributed by atoms with E-state index in [4.69, 9.17) is 26.2 Å². The van der Waals surface area contributed by atoms with Crippen LogP contribution in [0.25, 0.3) is 5.57 Å². The molecule has 2 aliphatic heterocycles. The molecule has 3 aliphatic rings. The molecule has 1 saturated carbocycles. The van der Waals surface area contributed by atoms with E-state index >= 15 is 0 Å². The molecule has 2 amide bonds. The zero-order valence-electron chi connectivity index (χ0n) is 29.4. The number of aliphatic carboxylic acids is 1. The number of benzene rings is 3. The second-order valence-electron chi connectivity index (χ2n) is 13.8. The van der Waals surface area contributed by atoms with Gasteiger partial charge < -0.3 is 29.7 Å². The van der Waals surface area contributed by atoms with Crippen LogP contribution in [-0.2, 0) is 20.8 Å². The number of fused-ring (bicyclic) bond motifs is 2. The minimum Gasteiger partial charge on any atom is -0.490 e. The number of hydrogen-bond acceptors (Lipinski definition) is 6. The molecule has 9 nitrogen and oxygen atoms in total. The number of nitrogens with zero attached hydrogens (tertiary/aromatic N) is 2. The molecule has 3 aromatic carbocycles. The number of ether oxygens (including phenoxy) is 2. The van der Waals surface area contributed by atoms with Gasteiger partial charge in [-0.15, -0.1) is 0 Å². The zero-order chi connectivity index (χ0) is 36.9. The van der Waals surface area contributed by atoms with Gasteiger partial charge in [0.25, 0.3) is 5.91 Å². The van der Waals surface area contributed by atoms with Crippen LogP contribution in [0.1, 0.15) is 60.8 Å². The topological polar surface area (TPSA) is 108 Å². The summed E-state index contributed by atoms with van der Waals surface area (Å²) in [6.07, 6.45) is 2.55. The van der Waals surface area contributed by atoms with Gasteiger partial charge in [-0.1, -0.05) is 35.9 Å². The van der Waals surface area contributed by atoms with Crippen LogP contribution in [0, 0.1) is 25.5 Å². The number of hydrogen-bond donors (Lipinski definition) is 2. The Bertz CT molecular complexity index is 1850. The predicted molar refractivity (Wildman–Crippen MR) is 193 cm³/mol. The van der Waals surface area contributed by atoms with Crippen LogP contribution in [0.2, 0.25) is 5.02 Å². The van der Waals surface area contributed by atoms with Gasteiger partial charge in [-0.05, 0) is 104 Å². The molecule has 52 heavy (non-hydrogen) atoms. The van der Waals surface area contributed by atoms with Crippen molar-refractivity contribution in [2.24, 2.45) is 0 Å². The van der Waals surface area contributed by atoms with Crippen LogP contribution in [0.4, 0.5) is 8.78 Å². The molecule has 0 radical (unpaired) electrons. The van der Waals surface area contributed by atoms with E-state index in [0.717, 1.165) is 41.2 Å². The molecular formula is C40H44ClF2N3O6. The fraction of sp³-hybridized carbons (Fsp3) is 0.425. The van der Waals surface area contributed by atoms with Crippen molar-refractivity contribution in [3.63, 3.8) is 0 Å². The molecule has 0 aromatic heterocycles. The van der Waals surface area contributed by atoms with Crippen molar-refractivity contribution < 1.29 is 37.7 Å². The van der Waals surface area contributed by atoms with Crippen LogP contribution in [0.5, 0.6) is 11.5 Å². The van der Waals surface area contributed by atoms with Crippen molar-refractivity contribution >= 4 is 35.0 Å². The molecule has 3 aromatic rings. The van der Waals surface area contributed by atoms with E-state index in [1.54, 1.807) is 9.80 Å². The highest BCUT2D eigenvalue weighted by Crippen LogP contribution is 2.37. The number of nitrogens with one attached hydrogen (secondary N) is 1. The molecule has 2 heterocycles. The van der Waals surface area contributed by atoms with Crippen LogP contribution >= 0.6 is 11.6 Å². The summed E-state index contributed by atoms with van der Waals surface area (Å²) < 4.78 is 40.4. The first-order chi connectivity index (χ1) is 25.0. The minimum atomic E-state index is -0.948. The highest BCUT2D eigenvalue weighted by Gasteiger charge is 2.43. The van der Waals surface area contributed by atoms with E-state index in [2.05, 4.69) is 5.32 Å². The van der Waals surface area contributed by atoms with Crippen LogP contribution < -0.4 is 14.8 Å². The fourth-order valence-corrected chi connectivity index (χ4v) is 7.29. The van der Waals surface area contributed by atoms with Crippen molar-refractivity contribution in [3.8, 4) is 11.5 Å². The molecule has 0 unspecified atom stereocenters. The quantitative estimate of drug-likeness (QED) is 0.172. The summed E-state index contributed by atoms with van der Waals surface area (Å²) in [4.78, 5) is 42.3. The van der Waals surface area contributed by atoms with E-state index in [9.17, 15) is 23.2 Å². The zero-order valence-corrected chi connectivity index (χ0v) is 30.2. The lowest BCUT2D eigenvalue weighted by atomic mass is 9.82. The maximum atomic E-state index is 14.6. The molecule has 2 fully saturated rings. The van der Waals surface area contributed by atoms with Gasteiger partial charge in [0.1, 0.15) is 24.7 Å². The normalized spacial score (nSPS) is 18.3. The maximum Gasteiger partial charge on any atom is 0.303 e. The highest BCUT2D eigenvalue weighted by molar-refractivity contribution is 6.32. The Kier molecular flexibility index (Phi) is 11.8. The number of aryl methyl sites for hydroxylation is 2. The molecule has 12 heteroatoms. The number of halogens is 3. The Balaban J connectivity index is 1.21. The Hall–Kier alpha value is -4.48. The molecule has 6 rings (SSSR count). The number of rotatable bonds is 15. The second-order valence-corrected chi connectivity index (χ2v) is 14.2. The van der Waals surface area contributed by atoms with Gasteiger partial charge >= 0.3 is 5.97 Å². The van der Waals surface area contributed by atoms with E-state index in [0.29, 0.717) is 48.3 Å². The molecule has 1 saturated heterocycles. The third-order valence-electron chi connectivity index (χ3n) is 10.0. The lowest BCUT2D eigenvalue weighted by Gasteiger charge is -2.45. The van der Waals surface area contributed by atoms with E-state index in [1.807, 2.05) is 50.2 Å². The summed E-state index contributed by atoms with van der Waals surface area (Å²) in [6.45, 7) is 5.49. The summed E-state index contributed by atoms with van der Waals surface area (Å²) in [7, 11) is 0. The first kappa shape index (κ1) is 37.3. The van der Waals surface area contributed by atoms with Gasteiger partial charge in [-0.2, -0.15) is 0 Å². The average Bonchev–Trinajstić information content (AvgIpc) is 3.96. The minimum absolute atomic E-state index is 0.00959. The maximum absolute atomic E-state index is 14.6. The van der Waals surface area contributed by atoms with E-state index < -0.39 is 23.6 Å². The highest BCUT2D eigenvalue weighted by atomic mass is 35.5. The molecule has 2 N–H and O–H groups in total. The fourth-order valence-electron chi connectivity index (χ4n) is 7.02. The summed E-state index contributed by atoms with van der Waals surface area (Å²) in [5.41, 5.74) is 4.67. The van der Waals surface area contributed by atoms with Gasteiger partial charge in [-0.25, -0.2) is 8.78 Å². The van der Waals surface area contributed by atoms with Gasteiger partial charge in [0, 0.05) is 50.1 Å². The number of carbonyl (C=O) groups excluding carboxylic acids is 2. The number of carboxylic acid groups (broad SMARTS) is 1. The lowest BCUT2D eigenvalue weighted by molar-refractivity contribution is -0.138. The van der Waals surface area contributed by atoms with Gasteiger partial charge in [-0.3, -0.25) is 14.4 Å². The monoisotopic (exact) mass is 735 g/mol. The van der Waals surface area contributed by atoms with E-state index in [-0.39, 0.29) is 68.2 Å². The van der Waals surface area contributed by atoms with E-state index in [1.165, 1.54) is 12.1 Å². The molecule has 2 bridgehead atoms. The van der Waals surface area contributed by atoms with Crippen molar-refractivity contribution in [2.75, 3.05) is 32.8 Å². The van der Waals surface area contributed by atoms with Crippen molar-refractivity contribution in [2.45, 2.75) is 76.9 Å². The van der Waals surface area contributed by atoms with Crippen molar-refractivity contribution in [1.82, 2.24) is 15.1 Å². The van der Waals surface area contributed by atoms with Crippen LogP contribution in [-0.4, -0.2) is 83.7 Å². The Labute approximate surface area is 307 Å². The summed E-state index contributed by atoms with van der Waals surface area (Å²) in [5.74, 6) is -1.86. The molecule has 2 atom stereocenters. The summed E-state index contributed by atoms with van der Waals surface area (Å²) >= 11 is 6.34. The molecule has 0 spiro atoms. The Morgan fingerprint density at radius 3 is 2.44 bits per heavy atom. The summed E-state index contributed by atoms with van der Waals surface area (Å²) in [5, 5.41) is 13.2. The largest absolute Gasteiger partial charge is 0.490 e. The third kappa shape index (κ3) is 8.93. The average molecular weight is 736 g/mol. The molecular weight excluding hydrogens is 692 g/mol. The lowest BCUT2D eigenvalue weighted by Crippen LogP contribution is -2.62. The second kappa shape index (κ2) is 16.5. The first-order valence-electron chi connectivity index (χ1n) is 17.8. The number of carboxylic acids is 1. The number of piperazine rings is 1. The first-order valence-corrected chi connectivity index (χ1v) is 18.2. The molecule has 276 valence electrons. The van der Waals surface area contributed by atoms with Gasteiger partial charge in [0.2, 0.25) is 5.91 Å². The number of carbonyl (C=O) groups is 3.